The largest absolute Gasteiger partial charge is 0.259 e. The van der Waals surface area contributed by atoms with Crippen molar-refractivity contribution in [2.45, 2.75) is 10.6 Å². The van der Waals surface area contributed by atoms with Crippen molar-refractivity contribution in [3.63, 3.8) is 0 Å². The second-order valence-corrected chi connectivity index (χ2v) is 5.12. The van der Waals surface area contributed by atoms with Crippen LogP contribution in [0.3, 0.4) is 0 Å². The van der Waals surface area contributed by atoms with E-state index in [0.717, 1.165) is 10.2 Å². The molecule has 0 unspecified atom stereocenters. The van der Waals surface area contributed by atoms with E-state index in [-0.39, 0.29) is 5.82 Å². The van der Waals surface area contributed by atoms with Gasteiger partial charge in [0, 0.05) is 21.3 Å². The maximum Gasteiger partial charge on any atom is 0.136 e. The van der Waals surface area contributed by atoms with Gasteiger partial charge in [0.25, 0.3) is 0 Å². The fourth-order valence-corrected chi connectivity index (χ4v) is 2.29. The van der Waals surface area contributed by atoms with Crippen molar-refractivity contribution in [3.05, 3.63) is 58.6 Å². The predicted octanol–water partition coefficient (Wildman–Crippen LogP) is 4.28. The first-order valence-corrected chi connectivity index (χ1v) is 6.51. The zero-order valence-electron chi connectivity index (χ0n) is 8.36. The van der Waals surface area contributed by atoms with Gasteiger partial charge in [0.15, 0.2) is 0 Å². The van der Waals surface area contributed by atoms with Crippen LogP contribution in [0.15, 0.2) is 52.0 Å². The van der Waals surface area contributed by atoms with Crippen LogP contribution in [0.25, 0.3) is 0 Å². The normalized spacial score (nSPS) is 10.4. The van der Waals surface area contributed by atoms with E-state index in [9.17, 15) is 4.39 Å². The highest BCUT2D eigenvalue weighted by atomic mass is 79.9. The van der Waals surface area contributed by atoms with Crippen LogP contribution in [-0.4, -0.2) is 4.98 Å². The minimum Gasteiger partial charge on any atom is -0.259 e. The summed E-state index contributed by atoms with van der Waals surface area (Å²) in [6, 6.07) is 10.6. The number of hydrogen-bond donors (Lipinski definition) is 0. The van der Waals surface area contributed by atoms with E-state index in [4.69, 9.17) is 0 Å². The molecule has 1 nitrogen and oxygen atoms in total. The van der Waals surface area contributed by atoms with Crippen LogP contribution in [0.2, 0.25) is 0 Å². The molecule has 0 radical (unpaired) electrons. The van der Waals surface area contributed by atoms with Crippen molar-refractivity contribution in [2.75, 3.05) is 0 Å². The molecule has 1 heterocycles. The van der Waals surface area contributed by atoms with Gasteiger partial charge in [-0.15, -0.1) is 11.8 Å². The van der Waals surface area contributed by atoms with Crippen LogP contribution in [0.5, 0.6) is 0 Å². The van der Waals surface area contributed by atoms with Crippen molar-refractivity contribution in [2.24, 2.45) is 0 Å². The monoisotopic (exact) mass is 297 g/mol. The third kappa shape index (κ3) is 3.06. The van der Waals surface area contributed by atoms with Crippen LogP contribution >= 0.6 is 27.7 Å². The summed E-state index contributed by atoms with van der Waals surface area (Å²) >= 11 is 4.78. The van der Waals surface area contributed by atoms with Gasteiger partial charge in [-0.1, -0.05) is 12.1 Å². The first kappa shape index (κ1) is 11.6. The first-order valence-electron chi connectivity index (χ1n) is 4.73. The number of benzene rings is 1. The van der Waals surface area contributed by atoms with Crippen LogP contribution in [0.1, 0.15) is 5.69 Å². The van der Waals surface area contributed by atoms with Gasteiger partial charge in [0.05, 0.1) is 5.69 Å². The Balaban J connectivity index is 2.02. The highest BCUT2D eigenvalue weighted by Crippen LogP contribution is 2.24. The molecule has 0 aliphatic heterocycles. The molecule has 0 N–H and O–H groups in total. The summed E-state index contributed by atoms with van der Waals surface area (Å²) in [7, 11) is 0. The number of thioether (sulfide) groups is 1. The molecule has 2 rings (SSSR count). The van der Waals surface area contributed by atoms with Crippen LogP contribution in [0, 0.1) is 5.82 Å². The summed E-state index contributed by atoms with van der Waals surface area (Å²) in [6.07, 6.45) is 1.75. The number of aromatic nitrogens is 1. The predicted molar refractivity (Wildman–Crippen MR) is 67.9 cm³/mol. The van der Waals surface area contributed by atoms with Gasteiger partial charge in [-0.3, -0.25) is 4.98 Å². The molecule has 0 amide bonds. The molecule has 0 saturated carbocycles. The Morgan fingerprint density at radius 2 is 2.00 bits per heavy atom. The molecule has 4 heteroatoms. The zero-order chi connectivity index (χ0) is 11.4. The molecular formula is C12H9BrFNS. The average Bonchev–Trinajstić information content (AvgIpc) is 2.30. The molecular weight excluding hydrogens is 289 g/mol. The van der Waals surface area contributed by atoms with Crippen LogP contribution in [-0.2, 0) is 5.75 Å². The van der Waals surface area contributed by atoms with E-state index >= 15 is 0 Å². The summed E-state index contributed by atoms with van der Waals surface area (Å²) in [5.74, 6) is 0.499. The number of rotatable bonds is 3. The Bertz CT molecular complexity index is 473. The van der Waals surface area contributed by atoms with Gasteiger partial charge >= 0.3 is 0 Å². The number of halogens is 2. The van der Waals surface area contributed by atoms with E-state index in [1.165, 1.54) is 17.8 Å². The van der Waals surface area contributed by atoms with E-state index < -0.39 is 0 Å². The molecule has 0 saturated heterocycles. The highest BCUT2D eigenvalue weighted by molar-refractivity contribution is 9.10. The van der Waals surface area contributed by atoms with E-state index in [0.29, 0.717) is 10.6 Å². The fourth-order valence-electron chi connectivity index (χ4n) is 1.21. The maximum absolute atomic E-state index is 13.3. The Hall–Kier alpha value is -0.870. The van der Waals surface area contributed by atoms with E-state index in [2.05, 4.69) is 20.9 Å². The third-order valence-electron chi connectivity index (χ3n) is 2.00. The number of pyridine rings is 1. The van der Waals surface area contributed by atoms with Crippen molar-refractivity contribution < 1.29 is 4.39 Å². The number of hydrogen-bond acceptors (Lipinski definition) is 2. The topological polar surface area (TPSA) is 12.9 Å². The smallest absolute Gasteiger partial charge is 0.136 e. The minimum absolute atomic E-state index is 0.176. The Morgan fingerprint density at radius 3 is 2.69 bits per heavy atom. The summed E-state index contributed by atoms with van der Waals surface area (Å²) in [4.78, 5) is 4.89. The highest BCUT2D eigenvalue weighted by Gasteiger charge is 2.02. The summed E-state index contributed by atoms with van der Waals surface area (Å²) in [5, 5.41) is 0. The van der Waals surface area contributed by atoms with Gasteiger partial charge in [-0.25, -0.2) is 4.39 Å². The first-order chi connectivity index (χ1) is 7.75. The zero-order valence-corrected chi connectivity index (χ0v) is 10.8. The molecule has 2 aromatic rings. The molecule has 1 aromatic carbocycles. The fraction of sp³-hybridized carbons (Fsp3) is 0.0833. The lowest BCUT2D eigenvalue weighted by molar-refractivity contribution is 0.602. The van der Waals surface area contributed by atoms with Crippen molar-refractivity contribution in [1.29, 1.82) is 0 Å². The molecule has 0 aliphatic carbocycles. The van der Waals surface area contributed by atoms with Crippen molar-refractivity contribution in [3.8, 4) is 0 Å². The number of nitrogens with zero attached hydrogens (tertiary/aromatic N) is 1. The Morgan fingerprint density at radius 1 is 1.19 bits per heavy atom. The van der Waals surface area contributed by atoms with Gasteiger partial charge < -0.3 is 0 Å². The molecule has 0 spiro atoms. The van der Waals surface area contributed by atoms with E-state index in [1.54, 1.807) is 18.3 Å². The second kappa shape index (κ2) is 5.46. The summed E-state index contributed by atoms with van der Waals surface area (Å²) in [5.41, 5.74) is 0.941. The van der Waals surface area contributed by atoms with Crippen molar-refractivity contribution in [1.82, 2.24) is 4.98 Å². The van der Waals surface area contributed by atoms with Gasteiger partial charge in [0.2, 0.25) is 0 Å². The van der Waals surface area contributed by atoms with Gasteiger partial charge in [-0.2, -0.15) is 0 Å². The molecule has 0 fully saturated rings. The quantitative estimate of drug-likeness (QED) is 0.785. The maximum atomic E-state index is 13.3. The molecule has 1 aromatic heterocycles. The van der Waals surface area contributed by atoms with Crippen LogP contribution < -0.4 is 0 Å². The van der Waals surface area contributed by atoms with Crippen molar-refractivity contribution >= 4 is 27.7 Å². The third-order valence-corrected chi connectivity index (χ3v) is 3.55. The second-order valence-electron chi connectivity index (χ2n) is 3.19. The summed E-state index contributed by atoms with van der Waals surface area (Å²) < 4.78 is 14.3. The Kier molecular flexibility index (Phi) is 3.96. The molecule has 16 heavy (non-hydrogen) atoms. The Labute approximate surface area is 106 Å². The van der Waals surface area contributed by atoms with Gasteiger partial charge in [-0.05, 0) is 40.2 Å². The summed E-state index contributed by atoms with van der Waals surface area (Å²) in [6.45, 7) is 0. The van der Waals surface area contributed by atoms with Crippen LogP contribution in [0.4, 0.5) is 4.39 Å². The lowest BCUT2D eigenvalue weighted by Crippen LogP contribution is -1.87. The lowest BCUT2D eigenvalue weighted by Gasteiger charge is -2.02. The molecule has 0 atom stereocenters. The minimum atomic E-state index is -0.176. The molecule has 82 valence electrons. The SMILES string of the molecule is Fc1ccccc1SCc1ccc(Br)cn1. The standard InChI is InChI=1S/C12H9BrFNS/c13-9-5-6-10(15-7-9)8-16-12-4-2-1-3-11(12)14/h1-7H,8H2. The van der Waals surface area contributed by atoms with E-state index in [1.807, 2.05) is 18.2 Å². The molecule has 0 bridgehead atoms. The molecule has 0 aliphatic rings. The lowest BCUT2D eigenvalue weighted by atomic mass is 10.3. The average molecular weight is 298 g/mol. The van der Waals surface area contributed by atoms with Gasteiger partial charge in [0.1, 0.15) is 5.82 Å².